The molecule has 6 heteroatoms. The Balaban J connectivity index is 1.86. The minimum atomic E-state index is -0.238. The number of aryl methyl sites for hydroxylation is 1. The minimum Gasteiger partial charge on any atom is -0.355 e. The summed E-state index contributed by atoms with van der Waals surface area (Å²) < 4.78 is 1.80. The van der Waals surface area contributed by atoms with Gasteiger partial charge in [-0.15, -0.1) is 0 Å². The molecule has 0 saturated carbocycles. The van der Waals surface area contributed by atoms with Crippen LogP contribution in [0.5, 0.6) is 0 Å². The van der Waals surface area contributed by atoms with Gasteiger partial charge in [0.25, 0.3) is 11.8 Å². The second-order valence-corrected chi connectivity index (χ2v) is 5.78. The first-order chi connectivity index (χ1) is 11.5. The van der Waals surface area contributed by atoms with Crippen LogP contribution in [0.4, 0.5) is 5.69 Å². The summed E-state index contributed by atoms with van der Waals surface area (Å²) in [6.45, 7) is 0. The largest absolute Gasteiger partial charge is 0.355 e. The van der Waals surface area contributed by atoms with Gasteiger partial charge in [-0.05, 0) is 42.5 Å². The Morgan fingerprint density at radius 1 is 1.04 bits per heavy atom. The van der Waals surface area contributed by atoms with Crippen LogP contribution in [0.2, 0.25) is 5.02 Å². The van der Waals surface area contributed by atoms with Crippen molar-refractivity contribution in [1.29, 1.82) is 0 Å². The predicted octanol–water partition coefficient (Wildman–Crippen LogP) is 3.44. The number of hydrogen-bond acceptors (Lipinski definition) is 2. The molecule has 1 heterocycles. The van der Waals surface area contributed by atoms with Crippen LogP contribution in [0.3, 0.4) is 0 Å². The summed E-state index contributed by atoms with van der Waals surface area (Å²) in [7, 11) is 3.39. The van der Waals surface area contributed by atoms with Crippen molar-refractivity contribution < 1.29 is 9.59 Å². The smallest absolute Gasteiger partial charge is 0.272 e. The van der Waals surface area contributed by atoms with E-state index in [-0.39, 0.29) is 11.8 Å². The molecule has 24 heavy (non-hydrogen) atoms. The summed E-state index contributed by atoms with van der Waals surface area (Å²) in [4.78, 5) is 24.1. The molecule has 0 spiro atoms. The quantitative estimate of drug-likeness (QED) is 0.766. The van der Waals surface area contributed by atoms with Gasteiger partial charge in [-0.25, -0.2) is 0 Å². The molecule has 2 amide bonds. The Bertz CT molecular complexity index is 929. The number of carbonyl (C=O) groups excluding carboxylic acids is 2. The Labute approximate surface area is 144 Å². The van der Waals surface area contributed by atoms with E-state index < -0.39 is 0 Å². The first kappa shape index (κ1) is 16.1. The number of carbonyl (C=O) groups is 2. The molecule has 0 bridgehead atoms. The van der Waals surface area contributed by atoms with Crippen molar-refractivity contribution in [2.45, 2.75) is 0 Å². The summed E-state index contributed by atoms with van der Waals surface area (Å²) in [6.07, 6.45) is 0. The van der Waals surface area contributed by atoms with Gasteiger partial charge in [-0.1, -0.05) is 17.7 Å². The maximum Gasteiger partial charge on any atom is 0.272 e. The number of amides is 2. The third kappa shape index (κ3) is 2.86. The number of anilines is 1. The molecular formula is C18H16ClN3O2. The molecule has 3 rings (SSSR count). The highest BCUT2D eigenvalue weighted by Gasteiger charge is 2.15. The number of fused-ring (bicyclic) bond motifs is 1. The zero-order chi connectivity index (χ0) is 17.3. The van der Waals surface area contributed by atoms with Gasteiger partial charge in [0, 0.05) is 41.3 Å². The van der Waals surface area contributed by atoms with Crippen molar-refractivity contribution >= 4 is 40.0 Å². The molecular weight excluding hydrogens is 326 g/mol. The van der Waals surface area contributed by atoms with Crippen LogP contribution in [0, 0.1) is 0 Å². The fourth-order valence-electron chi connectivity index (χ4n) is 2.59. The molecule has 0 unspecified atom stereocenters. The van der Waals surface area contributed by atoms with E-state index in [9.17, 15) is 9.59 Å². The predicted molar refractivity (Wildman–Crippen MR) is 95.7 cm³/mol. The zero-order valence-electron chi connectivity index (χ0n) is 13.3. The highest BCUT2D eigenvalue weighted by atomic mass is 35.5. The Hall–Kier alpha value is -2.79. The van der Waals surface area contributed by atoms with E-state index in [2.05, 4.69) is 10.6 Å². The number of nitrogens with zero attached hydrogens (tertiary/aromatic N) is 1. The van der Waals surface area contributed by atoms with E-state index in [1.807, 2.05) is 19.2 Å². The molecule has 2 N–H and O–H groups in total. The molecule has 0 aliphatic heterocycles. The molecule has 2 aromatic carbocycles. The Morgan fingerprint density at radius 2 is 1.75 bits per heavy atom. The summed E-state index contributed by atoms with van der Waals surface area (Å²) >= 11 is 6.19. The van der Waals surface area contributed by atoms with Crippen molar-refractivity contribution in [2.24, 2.45) is 7.05 Å². The van der Waals surface area contributed by atoms with Gasteiger partial charge in [-0.2, -0.15) is 0 Å². The van der Waals surface area contributed by atoms with Gasteiger partial charge < -0.3 is 15.2 Å². The number of nitrogens with one attached hydrogen (secondary N) is 2. The van der Waals surface area contributed by atoms with Crippen LogP contribution in [0.1, 0.15) is 20.8 Å². The first-order valence-electron chi connectivity index (χ1n) is 7.38. The average Bonchev–Trinajstić information content (AvgIpc) is 2.93. The van der Waals surface area contributed by atoms with Crippen molar-refractivity contribution in [2.75, 3.05) is 12.4 Å². The summed E-state index contributed by atoms with van der Waals surface area (Å²) in [5, 5.41) is 6.83. The number of rotatable bonds is 3. The Kier molecular flexibility index (Phi) is 4.27. The second kappa shape index (κ2) is 6.37. The summed E-state index contributed by atoms with van der Waals surface area (Å²) in [6, 6.07) is 14.0. The van der Waals surface area contributed by atoms with E-state index in [4.69, 9.17) is 11.6 Å². The lowest BCUT2D eigenvalue weighted by Crippen LogP contribution is -2.18. The monoisotopic (exact) mass is 341 g/mol. The van der Waals surface area contributed by atoms with Crippen LogP contribution in [0.15, 0.2) is 48.5 Å². The van der Waals surface area contributed by atoms with E-state index in [0.29, 0.717) is 22.0 Å². The Morgan fingerprint density at radius 3 is 2.38 bits per heavy atom. The second-order valence-electron chi connectivity index (χ2n) is 5.37. The molecule has 0 fully saturated rings. The molecule has 0 aliphatic carbocycles. The van der Waals surface area contributed by atoms with E-state index >= 15 is 0 Å². The van der Waals surface area contributed by atoms with Crippen molar-refractivity contribution in [1.82, 2.24) is 9.88 Å². The van der Waals surface area contributed by atoms with Gasteiger partial charge in [0.2, 0.25) is 0 Å². The highest BCUT2D eigenvalue weighted by molar-refractivity contribution is 6.35. The molecule has 0 aliphatic rings. The lowest BCUT2D eigenvalue weighted by molar-refractivity contribution is 0.0962. The zero-order valence-corrected chi connectivity index (χ0v) is 14.0. The number of halogens is 1. The minimum absolute atomic E-state index is 0.170. The van der Waals surface area contributed by atoms with Gasteiger partial charge in [-0.3, -0.25) is 9.59 Å². The number of benzene rings is 2. The highest BCUT2D eigenvalue weighted by Crippen LogP contribution is 2.26. The number of aromatic nitrogens is 1. The summed E-state index contributed by atoms with van der Waals surface area (Å²) in [5.74, 6) is -0.409. The summed E-state index contributed by atoms with van der Waals surface area (Å²) in [5.41, 5.74) is 2.55. The first-order valence-corrected chi connectivity index (χ1v) is 7.76. The van der Waals surface area contributed by atoms with E-state index in [1.54, 1.807) is 48.0 Å². The van der Waals surface area contributed by atoms with Crippen molar-refractivity contribution in [3.63, 3.8) is 0 Å². The third-order valence-corrected chi connectivity index (χ3v) is 4.23. The molecule has 0 saturated heterocycles. The maximum atomic E-state index is 12.5. The SMILES string of the molecule is CNC(=O)c1ccc(NC(=O)c2cc3c(Cl)cccc3n2C)cc1. The standard InChI is InChI=1S/C18H16ClN3O2/c1-20-17(23)11-6-8-12(9-7-11)21-18(24)16-10-13-14(19)4-3-5-15(13)22(16)2/h3-10H,1-2H3,(H,20,23)(H,21,24). The lowest BCUT2D eigenvalue weighted by Gasteiger charge is -2.07. The van der Waals surface area contributed by atoms with Crippen LogP contribution >= 0.6 is 11.6 Å². The van der Waals surface area contributed by atoms with Crippen LogP contribution in [-0.4, -0.2) is 23.4 Å². The normalized spacial score (nSPS) is 10.6. The lowest BCUT2D eigenvalue weighted by atomic mass is 10.2. The van der Waals surface area contributed by atoms with Crippen molar-refractivity contribution in [3.05, 3.63) is 64.8 Å². The molecule has 1 aromatic heterocycles. The van der Waals surface area contributed by atoms with Gasteiger partial charge in [0.1, 0.15) is 5.69 Å². The van der Waals surface area contributed by atoms with Crippen LogP contribution in [0.25, 0.3) is 10.9 Å². The van der Waals surface area contributed by atoms with Crippen molar-refractivity contribution in [3.8, 4) is 0 Å². The molecule has 3 aromatic rings. The number of hydrogen-bond donors (Lipinski definition) is 2. The fraction of sp³-hybridized carbons (Fsp3) is 0.111. The van der Waals surface area contributed by atoms with E-state index in [0.717, 1.165) is 10.9 Å². The van der Waals surface area contributed by atoms with Gasteiger partial charge >= 0.3 is 0 Å². The van der Waals surface area contributed by atoms with Crippen LogP contribution in [-0.2, 0) is 7.05 Å². The maximum absolute atomic E-state index is 12.5. The molecule has 0 radical (unpaired) electrons. The molecule has 5 nitrogen and oxygen atoms in total. The van der Waals surface area contributed by atoms with Gasteiger partial charge in [0.05, 0.1) is 0 Å². The topological polar surface area (TPSA) is 63.1 Å². The fourth-order valence-corrected chi connectivity index (χ4v) is 2.81. The van der Waals surface area contributed by atoms with Crippen LogP contribution < -0.4 is 10.6 Å². The molecule has 0 atom stereocenters. The molecule has 122 valence electrons. The third-order valence-electron chi connectivity index (χ3n) is 3.90. The average molecular weight is 342 g/mol. The van der Waals surface area contributed by atoms with Gasteiger partial charge in [0.15, 0.2) is 0 Å². The van der Waals surface area contributed by atoms with E-state index in [1.165, 1.54) is 0 Å².